The Morgan fingerprint density at radius 3 is 2.67 bits per heavy atom. The first-order valence-electron chi connectivity index (χ1n) is 2.74. The molecule has 0 rings (SSSR count). The molecule has 0 aromatic rings. The molecule has 0 spiro atoms. The van der Waals surface area contributed by atoms with Crippen LogP contribution >= 0.6 is 0 Å². The Morgan fingerprint density at radius 1 is 1.78 bits per heavy atom. The SMILES string of the molecule is CCC=C(C)OC(=O)O. The number of ether oxygens (including phenoxy) is 1. The molecule has 0 radical (unpaired) electrons. The molecule has 0 aliphatic rings. The van der Waals surface area contributed by atoms with Gasteiger partial charge in [0.25, 0.3) is 0 Å². The summed E-state index contributed by atoms with van der Waals surface area (Å²) >= 11 is 0. The maximum Gasteiger partial charge on any atom is 0.510 e. The molecular formula is C6H10O3. The van der Waals surface area contributed by atoms with Crippen molar-refractivity contribution in [1.29, 1.82) is 0 Å². The fourth-order valence-corrected chi connectivity index (χ4v) is 0.467. The van der Waals surface area contributed by atoms with E-state index in [1.54, 1.807) is 13.0 Å². The summed E-state index contributed by atoms with van der Waals surface area (Å²) in [6.45, 7) is 3.52. The highest BCUT2D eigenvalue weighted by atomic mass is 16.7. The molecule has 0 fully saturated rings. The number of allylic oxidation sites excluding steroid dienone is 2. The zero-order valence-electron chi connectivity index (χ0n) is 5.55. The Balaban J connectivity index is 3.62. The molecule has 0 atom stereocenters. The van der Waals surface area contributed by atoms with E-state index in [1.807, 2.05) is 6.92 Å². The molecule has 0 aromatic heterocycles. The van der Waals surface area contributed by atoms with Crippen molar-refractivity contribution in [3.05, 3.63) is 11.8 Å². The van der Waals surface area contributed by atoms with Crippen molar-refractivity contribution in [3.63, 3.8) is 0 Å². The van der Waals surface area contributed by atoms with Crippen LogP contribution in [-0.2, 0) is 4.74 Å². The maximum atomic E-state index is 9.82. The van der Waals surface area contributed by atoms with Crippen LogP contribution in [-0.4, -0.2) is 11.3 Å². The zero-order valence-corrected chi connectivity index (χ0v) is 5.55. The predicted molar refractivity (Wildman–Crippen MR) is 33.2 cm³/mol. The van der Waals surface area contributed by atoms with Gasteiger partial charge in [-0.05, 0) is 19.4 Å². The van der Waals surface area contributed by atoms with Gasteiger partial charge in [-0.25, -0.2) is 4.79 Å². The molecule has 0 saturated carbocycles. The van der Waals surface area contributed by atoms with Crippen molar-refractivity contribution in [2.75, 3.05) is 0 Å². The average Bonchev–Trinajstić information content (AvgIpc) is 1.63. The van der Waals surface area contributed by atoms with E-state index < -0.39 is 6.16 Å². The summed E-state index contributed by atoms with van der Waals surface area (Å²) in [4.78, 5) is 9.82. The van der Waals surface area contributed by atoms with Crippen molar-refractivity contribution < 1.29 is 14.6 Å². The second-order valence-electron chi connectivity index (χ2n) is 1.59. The second-order valence-corrected chi connectivity index (χ2v) is 1.59. The van der Waals surface area contributed by atoms with Gasteiger partial charge in [0.1, 0.15) is 5.76 Å². The van der Waals surface area contributed by atoms with Gasteiger partial charge in [0.05, 0.1) is 0 Å². The van der Waals surface area contributed by atoms with Gasteiger partial charge in [-0.15, -0.1) is 0 Å². The largest absolute Gasteiger partial charge is 0.510 e. The molecule has 0 saturated heterocycles. The number of rotatable bonds is 2. The Morgan fingerprint density at radius 2 is 2.33 bits per heavy atom. The van der Waals surface area contributed by atoms with E-state index in [1.165, 1.54) is 0 Å². The van der Waals surface area contributed by atoms with Crippen LogP contribution in [0.3, 0.4) is 0 Å². The summed E-state index contributed by atoms with van der Waals surface area (Å²) in [5.41, 5.74) is 0. The Hall–Kier alpha value is -0.990. The first kappa shape index (κ1) is 8.01. The average molecular weight is 130 g/mol. The summed E-state index contributed by atoms with van der Waals surface area (Å²) < 4.78 is 4.27. The van der Waals surface area contributed by atoms with Crippen LogP contribution in [0.5, 0.6) is 0 Å². The summed E-state index contributed by atoms with van der Waals surface area (Å²) in [6, 6.07) is 0. The van der Waals surface area contributed by atoms with E-state index in [0.29, 0.717) is 5.76 Å². The van der Waals surface area contributed by atoms with E-state index in [9.17, 15) is 4.79 Å². The smallest absolute Gasteiger partial charge is 0.449 e. The number of hydrogen-bond donors (Lipinski definition) is 1. The third-order valence-corrected chi connectivity index (χ3v) is 0.740. The normalized spacial score (nSPS) is 11.1. The van der Waals surface area contributed by atoms with Crippen LogP contribution in [0.2, 0.25) is 0 Å². The third-order valence-electron chi connectivity index (χ3n) is 0.740. The van der Waals surface area contributed by atoms with Gasteiger partial charge in [0, 0.05) is 0 Å². The Bertz CT molecular complexity index is 126. The summed E-state index contributed by atoms with van der Waals surface area (Å²) in [5, 5.41) is 8.05. The second kappa shape index (κ2) is 3.95. The Kier molecular flexibility index (Phi) is 3.51. The zero-order chi connectivity index (χ0) is 7.28. The lowest BCUT2D eigenvalue weighted by Crippen LogP contribution is -1.96. The minimum Gasteiger partial charge on any atom is -0.449 e. The van der Waals surface area contributed by atoms with Gasteiger partial charge in [-0.1, -0.05) is 6.92 Å². The van der Waals surface area contributed by atoms with Crippen LogP contribution in [0.4, 0.5) is 4.79 Å². The molecule has 0 bridgehead atoms. The van der Waals surface area contributed by atoms with Crippen LogP contribution in [0.15, 0.2) is 11.8 Å². The summed E-state index contributed by atoms with van der Waals surface area (Å²) in [5.74, 6) is 0.435. The third kappa shape index (κ3) is 4.87. The van der Waals surface area contributed by atoms with Gasteiger partial charge in [0.15, 0.2) is 0 Å². The predicted octanol–water partition coefficient (Wildman–Crippen LogP) is 1.99. The molecule has 9 heavy (non-hydrogen) atoms. The van der Waals surface area contributed by atoms with Crippen molar-refractivity contribution >= 4 is 6.16 Å². The quantitative estimate of drug-likeness (QED) is 0.459. The molecule has 3 heteroatoms. The van der Waals surface area contributed by atoms with Gasteiger partial charge in [0.2, 0.25) is 0 Å². The molecule has 1 N–H and O–H groups in total. The summed E-state index contributed by atoms with van der Waals surface area (Å²) in [7, 11) is 0. The minimum atomic E-state index is -1.25. The van der Waals surface area contributed by atoms with Gasteiger partial charge >= 0.3 is 6.16 Å². The summed E-state index contributed by atoms with van der Waals surface area (Å²) in [6.07, 6.45) is 1.24. The highest BCUT2D eigenvalue weighted by molar-refractivity contribution is 5.58. The number of carbonyl (C=O) groups is 1. The molecule has 0 aromatic carbocycles. The van der Waals surface area contributed by atoms with Crippen LogP contribution < -0.4 is 0 Å². The maximum absolute atomic E-state index is 9.82. The van der Waals surface area contributed by atoms with Crippen LogP contribution in [0, 0.1) is 0 Å². The van der Waals surface area contributed by atoms with E-state index in [-0.39, 0.29) is 0 Å². The molecule has 0 aliphatic heterocycles. The highest BCUT2D eigenvalue weighted by Crippen LogP contribution is 1.96. The van der Waals surface area contributed by atoms with E-state index >= 15 is 0 Å². The fraction of sp³-hybridized carbons (Fsp3) is 0.500. The van der Waals surface area contributed by atoms with Gasteiger partial charge in [-0.3, -0.25) is 0 Å². The molecule has 0 aliphatic carbocycles. The number of hydrogen-bond acceptors (Lipinski definition) is 2. The van der Waals surface area contributed by atoms with Crippen molar-refractivity contribution in [2.45, 2.75) is 20.3 Å². The molecule has 3 nitrogen and oxygen atoms in total. The minimum absolute atomic E-state index is 0.435. The standard InChI is InChI=1S/C6H10O3/c1-3-4-5(2)9-6(7)8/h4H,3H2,1-2H3,(H,7,8). The molecular weight excluding hydrogens is 120 g/mol. The van der Waals surface area contributed by atoms with Crippen molar-refractivity contribution in [3.8, 4) is 0 Å². The first-order valence-corrected chi connectivity index (χ1v) is 2.74. The molecule has 0 amide bonds. The van der Waals surface area contributed by atoms with E-state index in [4.69, 9.17) is 5.11 Å². The number of carboxylic acid groups (broad SMARTS) is 1. The topological polar surface area (TPSA) is 46.5 Å². The molecule has 0 unspecified atom stereocenters. The van der Waals surface area contributed by atoms with Crippen molar-refractivity contribution in [2.24, 2.45) is 0 Å². The fourth-order valence-electron chi connectivity index (χ4n) is 0.467. The molecule has 0 heterocycles. The lowest BCUT2D eigenvalue weighted by Gasteiger charge is -1.95. The van der Waals surface area contributed by atoms with Crippen LogP contribution in [0.25, 0.3) is 0 Å². The van der Waals surface area contributed by atoms with Gasteiger partial charge < -0.3 is 9.84 Å². The van der Waals surface area contributed by atoms with E-state index in [2.05, 4.69) is 4.74 Å². The lowest BCUT2D eigenvalue weighted by molar-refractivity contribution is 0.119. The molecule has 52 valence electrons. The lowest BCUT2D eigenvalue weighted by atomic mass is 10.4. The monoisotopic (exact) mass is 130 g/mol. The van der Waals surface area contributed by atoms with E-state index in [0.717, 1.165) is 6.42 Å². The van der Waals surface area contributed by atoms with Gasteiger partial charge in [-0.2, -0.15) is 0 Å². The Labute approximate surface area is 53.9 Å². The first-order chi connectivity index (χ1) is 4.16. The van der Waals surface area contributed by atoms with Crippen molar-refractivity contribution in [1.82, 2.24) is 0 Å². The highest BCUT2D eigenvalue weighted by Gasteiger charge is 1.95. The van der Waals surface area contributed by atoms with Crippen LogP contribution in [0.1, 0.15) is 20.3 Å².